The zero-order valence-corrected chi connectivity index (χ0v) is 16.1. The van der Waals surface area contributed by atoms with E-state index < -0.39 is 0 Å². The number of nitrogens with zero attached hydrogens (tertiary/aromatic N) is 6. The second kappa shape index (κ2) is 6.89. The summed E-state index contributed by atoms with van der Waals surface area (Å²) < 4.78 is 1.90. The number of aromatic nitrogens is 4. The number of carbonyl (C=O) groups excluding carboxylic acids is 1. The van der Waals surface area contributed by atoms with Crippen molar-refractivity contribution in [2.75, 3.05) is 31.1 Å². The van der Waals surface area contributed by atoms with Crippen LogP contribution in [-0.4, -0.2) is 56.8 Å². The van der Waals surface area contributed by atoms with E-state index in [1.807, 2.05) is 52.7 Å². The second-order valence-electron chi connectivity index (χ2n) is 7.79. The van der Waals surface area contributed by atoms with Crippen LogP contribution in [0.1, 0.15) is 46.9 Å². The van der Waals surface area contributed by atoms with Crippen LogP contribution in [0.2, 0.25) is 0 Å². The third kappa shape index (κ3) is 3.21. The number of anilines is 1. The Bertz CT molecular complexity index is 1010. The number of rotatable bonds is 3. The maximum Gasteiger partial charge on any atom is 0.253 e. The van der Waals surface area contributed by atoms with E-state index in [9.17, 15) is 4.79 Å². The van der Waals surface area contributed by atoms with E-state index in [-0.39, 0.29) is 5.91 Å². The monoisotopic (exact) mass is 376 g/mol. The van der Waals surface area contributed by atoms with Crippen LogP contribution in [0.25, 0.3) is 5.65 Å². The number of carbonyl (C=O) groups is 1. The van der Waals surface area contributed by atoms with Gasteiger partial charge in [-0.15, -0.1) is 15.3 Å². The zero-order chi connectivity index (χ0) is 19.1. The molecule has 3 heterocycles. The molecule has 1 aromatic carbocycles. The molecule has 1 aliphatic carbocycles. The lowest BCUT2D eigenvalue weighted by Gasteiger charge is -2.23. The molecule has 0 radical (unpaired) electrons. The average Bonchev–Trinajstić information content (AvgIpc) is 3.51. The van der Waals surface area contributed by atoms with Crippen LogP contribution in [0.4, 0.5) is 5.82 Å². The Labute approximate surface area is 164 Å². The molecular weight excluding hydrogens is 352 g/mol. The van der Waals surface area contributed by atoms with Gasteiger partial charge in [0.05, 0.1) is 0 Å². The van der Waals surface area contributed by atoms with Crippen molar-refractivity contribution < 1.29 is 4.79 Å². The zero-order valence-electron chi connectivity index (χ0n) is 16.1. The van der Waals surface area contributed by atoms with Gasteiger partial charge in [0.2, 0.25) is 0 Å². The highest BCUT2D eigenvalue weighted by atomic mass is 16.2. The average molecular weight is 376 g/mol. The van der Waals surface area contributed by atoms with Crippen LogP contribution in [0.3, 0.4) is 0 Å². The Hall–Kier alpha value is -2.96. The molecule has 3 aromatic rings. The largest absolute Gasteiger partial charge is 0.353 e. The number of amides is 1. The van der Waals surface area contributed by atoms with Crippen LogP contribution >= 0.6 is 0 Å². The summed E-state index contributed by atoms with van der Waals surface area (Å²) >= 11 is 0. The smallest absolute Gasteiger partial charge is 0.253 e. The summed E-state index contributed by atoms with van der Waals surface area (Å²) in [5, 5.41) is 13.4. The lowest BCUT2D eigenvalue weighted by Crippen LogP contribution is -2.35. The maximum absolute atomic E-state index is 12.8. The number of hydrogen-bond donors (Lipinski definition) is 0. The Kier molecular flexibility index (Phi) is 4.22. The van der Waals surface area contributed by atoms with Gasteiger partial charge in [-0.2, -0.15) is 4.52 Å². The molecule has 0 bridgehead atoms. The molecule has 7 heteroatoms. The highest BCUT2D eigenvalue weighted by Gasteiger charge is 2.29. The molecule has 28 heavy (non-hydrogen) atoms. The predicted octanol–water partition coefficient (Wildman–Crippen LogP) is 2.66. The number of hydrogen-bond acceptors (Lipinski definition) is 5. The van der Waals surface area contributed by atoms with Crippen molar-refractivity contribution in [1.29, 1.82) is 0 Å². The fourth-order valence-electron chi connectivity index (χ4n) is 3.79. The van der Waals surface area contributed by atoms with Crippen molar-refractivity contribution in [2.24, 2.45) is 0 Å². The van der Waals surface area contributed by atoms with Crippen LogP contribution in [0.5, 0.6) is 0 Å². The predicted molar refractivity (Wildman–Crippen MR) is 107 cm³/mol. The van der Waals surface area contributed by atoms with Gasteiger partial charge in [0.25, 0.3) is 5.91 Å². The van der Waals surface area contributed by atoms with Gasteiger partial charge >= 0.3 is 0 Å². The third-order valence-corrected chi connectivity index (χ3v) is 5.62. The van der Waals surface area contributed by atoms with Gasteiger partial charge in [0, 0.05) is 37.7 Å². The molecule has 5 rings (SSSR count). The first-order valence-corrected chi connectivity index (χ1v) is 10.0. The number of fused-ring (bicyclic) bond motifs is 1. The van der Waals surface area contributed by atoms with Crippen molar-refractivity contribution in [3.63, 3.8) is 0 Å². The van der Waals surface area contributed by atoms with Gasteiger partial charge in [-0.3, -0.25) is 4.79 Å². The molecule has 2 aliphatic rings. The fourth-order valence-corrected chi connectivity index (χ4v) is 3.79. The maximum atomic E-state index is 12.8. The number of aryl methyl sites for hydroxylation is 1. The lowest BCUT2D eigenvalue weighted by molar-refractivity contribution is 0.0767. The van der Waals surface area contributed by atoms with E-state index in [0.717, 1.165) is 48.9 Å². The molecule has 144 valence electrons. The lowest BCUT2D eigenvalue weighted by atomic mass is 10.1. The van der Waals surface area contributed by atoms with Gasteiger partial charge in [-0.25, -0.2) is 0 Å². The highest BCUT2D eigenvalue weighted by molar-refractivity contribution is 5.94. The molecule has 0 atom stereocenters. The summed E-state index contributed by atoms with van der Waals surface area (Å²) in [7, 11) is 0. The van der Waals surface area contributed by atoms with Crippen LogP contribution < -0.4 is 4.90 Å². The molecule has 1 amide bonds. The van der Waals surface area contributed by atoms with Gasteiger partial charge in [0.15, 0.2) is 11.5 Å². The first-order chi connectivity index (χ1) is 13.7. The van der Waals surface area contributed by atoms with Crippen LogP contribution in [0, 0.1) is 6.92 Å². The van der Waals surface area contributed by atoms with Crippen molar-refractivity contribution in [3.8, 4) is 0 Å². The van der Waals surface area contributed by atoms with E-state index in [1.165, 1.54) is 18.4 Å². The summed E-state index contributed by atoms with van der Waals surface area (Å²) in [6.07, 6.45) is 3.27. The van der Waals surface area contributed by atoms with E-state index in [1.54, 1.807) is 0 Å². The molecule has 0 N–H and O–H groups in total. The van der Waals surface area contributed by atoms with E-state index in [2.05, 4.69) is 15.1 Å². The van der Waals surface area contributed by atoms with Crippen LogP contribution in [-0.2, 0) is 0 Å². The fraction of sp³-hybridized carbons (Fsp3) is 0.429. The Morgan fingerprint density at radius 2 is 1.79 bits per heavy atom. The van der Waals surface area contributed by atoms with E-state index >= 15 is 0 Å². The minimum absolute atomic E-state index is 0.111. The first-order valence-electron chi connectivity index (χ1n) is 10.0. The molecule has 2 aromatic heterocycles. The topological polar surface area (TPSA) is 66.6 Å². The normalized spacial score (nSPS) is 17.8. The molecule has 1 saturated carbocycles. The molecule has 0 spiro atoms. The Balaban J connectivity index is 1.33. The van der Waals surface area contributed by atoms with Crippen LogP contribution in [0.15, 0.2) is 36.4 Å². The Morgan fingerprint density at radius 1 is 0.964 bits per heavy atom. The summed E-state index contributed by atoms with van der Waals surface area (Å²) in [4.78, 5) is 17.1. The summed E-state index contributed by atoms with van der Waals surface area (Å²) in [6, 6.07) is 11.8. The second-order valence-corrected chi connectivity index (χ2v) is 7.79. The Morgan fingerprint density at radius 3 is 2.57 bits per heavy atom. The van der Waals surface area contributed by atoms with E-state index in [0.29, 0.717) is 12.5 Å². The third-order valence-electron chi connectivity index (χ3n) is 5.62. The minimum Gasteiger partial charge on any atom is -0.353 e. The number of benzene rings is 1. The quantitative estimate of drug-likeness (QED) is 0.703. The van der Waals surface area contributed by atoms with Gasteiger partial charge < -0.3 is 9.80 Å². The van der Waals surface area contributed by atoms with Crippen molar-refractivity contribution in [3.05, 3.63) is 53.3 Å². The molecule has 1 saturated heterocycles. The van der Waals surface area contributed by atoms with E-state index in [4.69, 9.17) is 5.10 Å². The summed E-state index contributed by atoms with van der Waals surface area (Å²) in [6.45, 7) is 5.16. The van der Waals surface area contributed by atoms with Crippen molar-refractivity contribution in [2.45, 2.75) is 32.1 Å². The van der Waals surface area contributed by atoms with Gasteiger partial charge in [0.1, 0.15) is 5.82 Å². The minimum atomic E-state index is 0.111. The summed E-state index contributed by atoms with van der Waals surface area (Å²) in [5.74, 6) is 2.52. The molecule has 0 unspecified atom stereocenters. The van der Waals surface area contributed by atoms with Crippen molar-refractivity contribution >= 4 is 17.4 Å². The highest BCUT2D eigenvalue weighted by Crippen LogP contribution is 2.38. The molecule has 7 nitrogen and oxygen atoms in total. The molecule has 2 fully saturated rings. The van der Waals surface area contributed by atoms with Crippen molar-refractivity contribution in [1.82, 2.24) is 24.7 Å². The molecular formula is C21H24N6O. The summed E-state index contributed by atoms with van der Waals surface area (Å²) in [5.41, 5.74) is 2.73. The molecule has 1 aliphatic heterocycles. The SMILES string of the molecule is Cc1ccc(C(=O)N2CCCN(c3ccc4nnc(C5CC5)n4n3)CC2)cc1. The standard InChI is InChI=1S/C21H24N6O/c1-15-3-5-17(6-4-15)21(28)26-12-2-11-25(13-14-26)19-10-9-18-22-23-20(16-7-8-16)27(18)24-19/h3-6,9-10,16H,2,7-8,11-14H2,1H3. The first kappa shape index (κ1) is 17.2. The van der Waals surface area contributed by atoms with Gasteiger partial charge in [-0.1, -0.05) is 17.7 Å². The van der Waals surface area contributed by atoms with Gasteiger partial charge in [-0.05, 0) is 50.5 Å².